The number of hydrogen-bond donors (Lipinski definition) is 0. The predicted octanol–water partition coefficient (Wildman–Crippen LogP) is 4.41. The Morgan fingerprint density at radius 3 is 2.58 bits per heavy atom. The van der Waals surface area contributed by atoms with Crippen LogP contribution in [0.15, 0.2) is 36.4 Å². The van der Waals surface area contributed by atoms with Crippen molar-refractivity contribution in [3.63, 3.8) is 0 Å². The van der Waals surface area contributed by atoms with Crippen molar-refractivity contribution in [1.82, 2.24) is 0 Å². The van der Waals surface area contributed by atoms with E-state index in [9.17, 15) is 9.59 Å². The molecule has 0 atom stereocenters. The third kappa shape index (κ3) is 3.01. The van der Waals surface area contributed by atoms with E-state index in [4.69, 9.17) is 16.3 Å². The first-order valence-electron chi connectivity index (χ1n) is 8.42. The number of benzene rings is 2. The highest BCUT2D eigenvalue weighted by atomic mass is 35.5. The van der Waals surface area contributed by atoms with Gasteiger partial charge in [0.15, 0.2) is 0 Å². The molecule has 0 aromatic heterocycles. The average molecular weight is 370 g/mol. The van der Waals surface area contributed by atoms with Crippen LogP contribution >= 0.6 is 11.6 Å². The normalized spacial score (nSPS) is 15.1. The predicted molar refractivity (Wildman–Crippen MR) is 104 cm³/mol. The number of rotatable bonds is 3. The highest BCUT2D eigenvalue weighted by Crippen LogP contribution is 2.42. The molecule has 0 bridgehead atoms. The van der Waals surface area contributed by atoms with Crippen molar-refractivity contribution < 1.29 is 14.3 Å². The third-order valence-corrected chi connectivity index (χ3v) is 4.73. The number of aryl methyl sites for hydroxylation is 2. The van der Waals surface area contributed by atoms with Crippen LogP contribution in [-0.2, 0) is 14.3 Å². The van der Waals surface area contributed by atoms with Crippen LogP contribution in [0.5, 0.6) is 0 Å². The zero-order valence-electron chi connectivity index (χ0n) is 15.2. The van der Waals surface area contributed by atoms with E-state index in [-0.39, 0.29) is 18.1 Å². The number of hydrogen-bond acceptors (Lipinski definition) is 3. The number of carbonyl (C=O) groups excluding carboxylic acids is 2. The van der Waals surface area contributed by atoms with Crippen LogP contribution in [0.3, 0.4) is 0 Å². The van der Waals surface area contributed by atoms with Crippen LogP contribution in [0, 0.1) is 13.8 Å². The second-order valence-corrected chi connectivity index (χ2v) is 6.75. The van der Waals surface area contributed by atoms with Crippen molar-refractivity contribution in [3.05, 3.63) is 63.7 Å². The zero-order valence-corrected chi connectivity index (χ0v) is 16.0. The van der Waals surface area contributed by atoms with Gasteiger partial charge in [0.05, 0.1) is 23.4 Å². The van der Waals surface area contributed by atoms with Crippen LogP contribution in [0.4, 0.5) is 5.69 Å². The van der Waals surface area contributed by atoms with Gasteiger partial charge in [0.25, 0.3) is 5.91 Å². The van der Waals surface area contributed by atoms with E-state index in [2.05, 4.69) is 0 Å². The number of ether oxygens (including phenoxy) is 1. The van der Waals surface area contributed by atoms with Crippen LogP contribution < -0.4 is 4.90 Å². The molecule has 1 heterocycles. The molecule has 2 aromatic carbocycles. The summed E-state index contributed by atoms with van der Waals surface area (Å²) in [5.41, 5.74) is 4.58. The highest BCUT2D eigenvalue weighted by Gasteiger charge is 2.36. The Hall–Kier alpha value is -2.59. The van der Waals surface area contributed by atoms with E-state index in [1.807, 2.05) is 32.0 Å². The quantitative estimate of drug-likeness (QED) is 0.594. The van der Waals surface area contributed by atoms with Crippen molar-refractivity contribution in [1.29, 1.82) is 0 Å². The van der Waals surface area contributed by atoms with Gasteiger partial charge in [0, 0.05) is 17.6 Å². The molecule has 0 radical (unpaired) electrons. The maximum absolute atomic E-state index is 13.0. The molecule has 5 heteroatoms. The van der Waals surface area contributed by atoms with Crippen molar-refractivity contribution in [2.45, 2.75) is 20.8 Å². The Bertz CT molecular complexity index is 946. The van der Waals surface area contributed by atoms with Gasteiger partial charge < -0.3 is 9.64 Å². The van der Waals surface area contributed by atoms with Gasteiger partial charge in [-0.05, 0) is 50.1 Å². The largest absolute Gasteiger partial charge is 0.462 e. The minimum absolute atomic E-state index is 0.229. The minimum atomic E-state index is -0.509. The Labute approximate surface area is 158 Å². The Kier molecular flexibility index (Phi) is 4.88. The van der Waals surface area contributed by atoms with E-state index in [1.54, 1.807) is 32.2 Å². The molecule has 0 unspecified atom stereocenters. The molecule has 3 rings (SSSR count). The van der Waals surface area contributed by atoms with Crippen molar-refractivity contribution in [2.24, 2.45) is 0 Å². The lowest BCUT2D eigenvalue weighted by molar-refractivity contribution is -0.136. The summed E-state index contributed by atoms with van der Waals surface area (Å²) in [5.74, 6) is -0.753. The van der Waals surface area contributed by atoms with Gasteiger partial charge in [-0.15, -0.1) is 0 Å². The fourth-order valence-corrected chi connectivity index (χ4v) is 3.36. The van der Waals surface area contributed by atoms with Crippen LogP contribution in [-0.4, -0.2) is 25.5 Å². The number of likely N-dealkylation sites (N-methyl/N-ethyl adjacent to an activating group) is 1. The molecule has 0 N–H and O–H groups in total. The van der Waals surface area contributed by atoms with Gasteiger partial charge in [-0.3, -0.25) is 4.79 Å². The second kappa shape index (κ2) is 6.96. The number of anilines is 1. The molecule has 1 amide bonds. The summed E-state index contributed by atoms with van der Waals surface area (Å²) in [6.45, 7) is 5.84. The molecular weight excluding hydrogens is 350 g/mol. The van der Waals surface area contributed by atoms with Crippen LogP contribution in [0.25, 0.3) is 11.1 Å². The van der Waals surface area contributed by atoms with Gasteiger partial charge in [-0.2, -0.15) is 0 Å². The molecule has 0 aliphatic carbocycles. The zero-order chi connectivity index (χ0) is 19.0. The standard InChI is InChI=1S/C21H20ClNO3/c1-5-26-21(25)19(15-10-12(2)6-7-13(15)3)18-16-11-14(22)8-9-17(16)23(4)20(18)24/h6-11H,5H2,1-4H3/b19-18-. The molecule has 1 aliphatic rings. The van der Waals surface area contributed by atoms with E-state index in [0.717, 1.165) is 16.8 Å². The highest BCUT2D eigenvalue weighted by molar-refractivity contribution is 6.45. The first-order chi connectivity index (χ1) is 12.3. The van der Waals surface area contributed by atoms with E-state index < -0.39 is 5.97 Å². The molecule has 2 aromatic rings. The summed E-state index contributed by atoms with van der Waals surface area (Å²) in [6.07, 6.45) is 0. The van der Waals surface area contributed by atoms with Gasteiger partial charge >= 0.3 is 5.97 Å². The lowest BCUT2D eigenvalue weighted by atomic mass is 9.91. The smallest absolute Gasteiger partial charge is 0.339 e. The van der Waals surface area contributed by atoms with E-state index in [1.165, 1.54) is 4.90 Å². The number of halogens is 1. The van der Waals surface area contributed by atoms with Crippen molar-refractivity contribution in [2.75, 3.05) is 18.6 Å². The Balaban J connectivity index is 2.38. The molecule has 0 spiro atoms. The minimum Gasteiger partial charge on any atom is -0.462 e. The van der Waals surface area contributed by atoms with Gasteiger partial charge in [0.1, 0.15) is 0 Å². The summed E-state index contributed by atoms with van der Waals surface area (Å²) >= 11 is 6.16. The molecule has 134 valence electrons. The lowest BCUT2D eigenvalue weighted by Crippen LogP contribution is -2.22. The maximum atomic E-state index is 13.0. The second-order valence-electron chi connectivity index (χ2n) is 6.31. The van der Waals surface area contributed by atoms with E-state index in [0.29, 0.717) is 21.7 Å². The van der Waals surface area contributed by atoms with E-state index >= 15 is 0 Å². The topological polar surface area (TPSA) is 46.6 Å². The van der Waals surface area contributed by atoms with Crippen LogP contribution in [0.1, 0.15) is 29.2 Å². The summed E-state index contributed by atoms with van der Waals surface area (Å²) in [7, 11) is 1.69. The molecule has 1 aliphatic heterocycles. The number of carbonyl (C=O) groups is 2. The average Bonchev–Trinajstić information content (AvgIpc) is 2.83. The molecular formula is C21H20ClNO3. The molecule has 0 saturated heterocycles. The summed E-state index contributed by atoms with van der Waals surface area (Å²) in [5, 5.41) is 0.508. The van der Waals surface area contributed by atoms with Gasteiger partial charge in [-0.1, -0.05) is 35.4 Å². The summed E-state index contributed by atoms with van der Waals surface area (Å²) < 4.78 is 5.29. The SMILES string of the molecule is CCOC(=O)/C(=C1\C(=O)N(C)c2ccc(Cl)cc21)c1cc(C)ccc1C. The van der Waals surface area contributed by atoms with Crippen molar-refractivity contribution in [3.8, 4) is 0 Å². The van der Waals surface area contributed by atoms with Gasteiger partial charge in [-0.25, -0.2) is 4.79 Å². The molecule has 26 heavy (non-hydrogen) atoms. The number of esters is 1. The number of nitrogens with zero attached hydrogens (tertiary/aromatic N) is 1. The fourth-order valence-electron chi connectivity index (χ4n) is 3.19. The van der Waals surface area contributed by atoms with Crippen LogP contribution in [0.2, 0.25) is 5.02 Å². The van der Waals surface area contributed by atoms with Gasteiger partial charge in [0.2, 0.25) is 0 Å². The molecule has 4 nitrogen and oxygen atoms in total. The first-order valence-corrected chi connectivity index (χ1v) is 8.80. The first kappa shape index (κ1) is 18.2. The monoisotopic (exact) mass is 369 g/mol. The lowest BCUT2D eigenvalue weighted by Gasteiger charge is -2.14. The Morgan fingerprint density at radius 2 is 1.88 bits per heavy atom. The summed E-state index contributed by atoms with van der Waals surface area (Å²) in [6, 6.07) is 11.1. The number of amides is 1. The van der Waals surface area contributed by atoms with Crippen molar-refractivity contribution >= 4 is 40.3 Å². The third-order valence-electron chi connectivity index (χ3n) is 4.50. The molecule has 0 saturated carbocycles. The fraction of sp³-hybridized carbons (Fsp3) is 0.238. The molecule has 0 fully saturated rings. The number of fused-ring (bicyclic) bond motifs is 1. The summed E-state index contributed by atoms with van der Waals surface area (Å²) in [4.78, 5) is 27.4. The maximum Gasteiger partial charge on any atom is 0.339 e. The Morgan fingerprint density at radius 1 is 1.15 bits per heavy atom.